The first-order valence-corrected chi connectivity index (χ1v) is 5.79. The fourth-order valence-electron chi connectivity index (χ4n) is 1.65. The predicted molar refractivity (Wildman–Crippen MR) is 65.9 cm³/mol. The van der Waals surface area contributed by atoms with Gasteiger partial charge in [0.1, 0.15) is 5.82 Å². The summed E-state index contributed by atoms with van der Waals surface area (Å²) in [5.41, 5.74) is 0.917. The van der Waals surface area contributed by atoms with E-state index >= 15 is 0 Å². The van der Waals surface area contributed by atoms with Crippen LogP contribution in [0.1, 0.15) is 5.82 Å². The van der Waals surface area contributed by atoms with Crippen molar-refractivity contribution in [2.75, 3.05) is 20.3 Å². The molecule has 2 rings (SSSR count). The Hall–Kier alpha value is -1.79. The number of nitrogens with zero attached hydrogens (tertiary/aromatic N) is 4. The third kappa shape index (κ3) is 2.91. The van der Waals surface area contributed by atoms with Gasteiger partial charge in [0.2, 0.25) is 0 Å². The zero-order valence-corrected chi connectivity index (χ0v) is 10.3. The van der Waals surface area contributed by atoms with Gasteiger partial charge in [0, 0.05) is 31.5 Å². The molecule has 0 fully saturated rings. The average molecular weight is 248 g/mol. The van der Waals surface area contributed by atoms with Crippen molar-refractivity contribution in [2.45, 2.75) is 13.0 Å². The van der Waals surface area contributed by atoms with E-state index in [2.05, 4.69) is 15.1 Å². The molecule has 0 aliphatic carbocycles. The molecule has 0 aliphatic heterocycles. The summed E-state index contributed by atoms with van der Waals surface area (Å²) in [6.07, 6.45) is 4.09. The van der Waals surface area contributed by atoms with Crippen molar-refractivity contribution in [1.82, 2.24) is 19.7 Å². The van der Waals surface area contributed by atoms with Gasteiger partial charge in [-0.05, 0) is 12.1 Å². The summed E-state index contributed by atoms with van der Waals surface area (Å²) in [4.78, 5) is 8.43. The second-order valence-electron chi connectivity index (χ2n) is 3.78. The molecule has 2 heterocycles. The van der Waals surface area contributed by atoms with Gasteiger partial charge in [0.25, 0.3) is 0 Å². The third-order valence-electron chi connectivity index (χ3n) is 2.53. The number of aliphatic hydroxyl groups excluding tert-OH is 1. The first-order chi connectivity index (χ1) is 8.85. The summed E-state index contributed by atoms with van der Waals surface area (Å²) >= 11 is 0. The lowest BCUT2D eigenvalue weighted by Gasteiger charge is -2.02. The van der Waals surface area contributed by atoms with E-state index in [9.17, 15) is 0 Å². The van der Waals surface area contributed by atoms with Gasteiger partial charge in [-0.2, -0.15) is 5.10 Å². The Morgan fingerprint density at radius 1 is 1.33 bits per heavy atom. The Morgan fingerprint density at radius 3 is 2.78 bits per heavy atom. The minimum Gasteiger partial charge on any atom is -0.394 e. The summed E-state index contributed by atoms with van der Waals surface area (Å²) < 4.78 is 6.76. The van der Waals surface area contributed by atoms with E-state index in [-0.39, 0.29) is 6.61 Å². The molecule has 96 valence electrons. The molecule has 0 unspecified atom stereocenters. The second-order valence-corrected chi connectivity index (χ2v) is 3.78. The molecule has 6 nitrogen and oxygen atoms in total. The number of ether oxygens (including phenoxy) is 1. The number of aliphatic hydroxyl groups is 1. The number of aromatic nitrogens is 4. The van der Waals surface area contributed by atoms with Gasteiger partial charge < -0.3 is 9.84 Å². The maximum atomic E-state index is 9.02. The van der Waals surface area contributed by atoms with Gasteiger partial charge in [0.15, 0.2) is 5.82 Å². The van der Waals surface area contributed by atoms with Crippen LogP contribution in [-0.4, -0.2) is 45.2 Å². The minimum absolute atomic E-state index is 0.0408. The number of rotatable bonds is 6. The van der Waals surface area contributed by atoms with E-state index in [1.54, 1.807) is 24.2 Å². The Bertz CT molecular complexity index is 484. The fraction of sp³-hybridized carbons (Fsp3) is 0.417. The van der Waals surface area contributed by atoms with E-state index in [0.717, 1.165) is 11.4 Å². The maximum Gasteiger partial charge on any atom is 0.181 e. The van der Waals surface area contributed by atoms with Crippen molar-refractivity contribution in [3.05, 3.63) is 30.4 Å². The third-order valence-corrected chi connectivity index (χ3v) is 2.53. The molecule has 2 aromatic rings. The molecule has 18 heavy (non-hydrogen) atoms. The molecule has 0 saturated carbocycles. The molecular weight excluding hydrogens is 232 g/mol. The van der Waals surface area contributed by atoms with Crippen molar-refractivity contribution in [1.29, 1.82) is 0 Å². The lowest BCUT2D eigenvalue weighted by Crippen LogP contribution is -2.10. The van der Waals surface area contributed by atoms with Crippen LogP contribution in [0.15, 0.2) is 24.5 Å². The molecule has 6 heteroatoms. The Balaban J connectivity index is 2.27. The van der Waals surface area contributed by atoms with Crippen LogP contribution in [-0.2, 0) is 17.7 Å². The molecule has 0 bridgehead atoms. The van der Waals surface area contributed by atoms with Gasteiger partial charge in [-0.25, -0.2) is 9.67 Å². The topological polar surface area (TPSA) is 73.1 Å². The lowest BCUT2D eigenvalue weighted by molar-refractivity contribution is 0.197. The van der Waals surface area contributed by atoms with Crippen LogP contribution in [0.5, 0.6) is 0 Å². The number of methoxy groups -OCH3 is 1. The molecular formula is C12H16N4O2. The minimum atomic E-state index is 0.0408. The van der Waals surface area contributed by atoms with E-state index in [1.807, 2.05) is 12.1 Å². The van der Waals surface area contributed by atoms with Crippen LogP contribution in [0, 0.1) is 0 Å². The lowest BCUT2D eigenvalue weighted by atomic mass is 10.2. The zero-order chi connectivity index (χ0) is 12.8. The summed E-state index contributed by atoms with van der Waals surface area (Å²) in [5.74, 6) is 1.47. The second kappa shape index (κ2) is 6.23. The summed E-state index contributed by atoms with van der Waals surface area (Å²) in [6.45, 7) is 1.07. The van der Waals surface area contributed by atoms with E-state index < -0.39 is 0 Å². The van der Waals surface area contributed by atoms with Crippen molar-refractivity contribution in [3.8, 4) is 11.4 Å². The van der Waals surface area contributed by atoms with Crippen LogP contribution in [0.25, 0.3) is 11.4 Å². The molecule has 0 spiro atoms. The Morgan fingerprint density at radius 2 is 2.11 bits per heavy atom. The maximum absolute atomic E-state index is 9.02. The van der Waals surface area contributed by atoms with Gasteiger partial charge in [-0.3, -0.25) is 4.98 Å². The molecule has 1 N–H and O–H groups in total. The zero-order valence-electron chi connectivity index (χ0n) is 10.3. The van der Waals surface area contributed by atoms with Crippen molar-refractivity contribution in [3.63, 3.8) is 0 Å². The van der Waals surface area contributed by atoms with E-state index in [1.165, 1.54) is 0 Å². The Labute approximate surface area is 105 Å². The number of pyridine rings is 1. The smallest absolute Gasteiger partial charge is 0.181 e. The highest BCUT2D eigenvalue weighted by molar-refractivity contribution is 5.53. The normalized spacial score (nSPS) is 10.8. The van der Waals surface area contributed by atoms with Crippen LogP contribution >= 0.6 is 0 Å². The fourth-order valence-corrected chi connectivity index (χ4v) is 1.65. The predicted octanol–water partition coefficient (Wildman–Crippen LogP) is 0.521. The molecule has 0 amide bonds. The SMILES string of the molecule is COCCc1nc(-c2ccncc2)nn1CCO. The first-order valence-electron chi connectivity index (χ1n) is 5.79. The van der Waals surface area contributed by atoms with Crippen LogP contribution in [0.2, 0.25) is 0 Å². The highest BCUT2D eigenvalue weighted by Crippen LogP contribution is 2.14. The quantitative estimate of drug-likeness (QED) is 0.807. The molecule has 0 aromatic carbocycles. The van der Waals surface area contributed by atoms with Crippen molar-refractivity contribution >= 4 is 0 Å². The molecule has 2 aromatic heterocycles. The van der Waals surface area contributed by atoms with E-state index in [0.29, 0.717) is 25.4 Å². The monoisotopic (exact) mass is 248 g/mol. The first kappa shape index (κ1) is 12.7. The van der Waals surface area contributed by atoms with Gasteiger partial charge in [-0.1, -0.05) is 0 Å². The van der Waals surface area contributed by atoms with Crippen LogP contribution < -0.4 is 0 Å². The summed E-state index contributed by atoms with van der Waals surface area (Å²) in [6, 6.07) is 3.72. The molecule has 0 atom stereocenters. The standard InChI is InChI=1S/C12H16N4O2/c1-18-9-4-11-14-12(15-16(11)7-8-17)10-2-5-13-6-3-10/h2-3,5-6,17H,4,7-9H2,1H3. The average Bonchev–Trinajstić information content (AvgIpc) is 2.81. The van der Waals surface area contributed by atoms with Gasteiger partial charge in [0.05, 0.1) is 19.8 Å². The van der Waals surface area contributed by atoms with Crippen molar-refractivity contribution in [2.24, 2.45) is 0 Å². The van der Waals surface area contributed by atoms with Gasteiger partial charge >= 0.3 is 0 Å². The Kier molecular flexibility index (Phi) is 4.38. The molecule has 0 radical (unpaired) electrons. The highest BCUT2D eigenvalue weighted by atomic mass is 16.5. The molecule has 0 aliphatic rings. The van der Waals surface area contributed by atoms with Gasteiger partial charge in [-0.15, -0.1) is 0 Å². The summed E-state index contributed by atoms with van der Waals surface area (Å²) in [5, 5.41) is 13.4. The molecule has 0 saturated heterocycles. The number of hydrogen-bond acceptors (Lipinski definition) is 5. The van der Waals surface area contributed by atoms with Crippen LogP contribution in [0.3, 0.4) is 0 Å². The summed E-state index contributed by atoms with van der Waals surface area (Å²) in [7, 11) is 1.65. The number of hydrogen-bond donors (Lipinski definition) is 1. The highest BCUT2D eigenvalue weighted by Gasteiger charge is 2.10. The van der Waals surface area contributed by atoms with Crippen LogP contribution in [0.4, 0.5) is 0 Å². The largest absolute Gasteiger partial charge is 0.394 e. The van der Waals surface area contributed by atoms with Crippen molar-refractivity contribution < 1.29 is 9.84 Å². The van der Waals surface area contributed by atoms with E-state index in [4.69, 9.17) is 9.84 Å².